The van der Waals surface area contributed by atoms with Crippen LogP contribution in [0.1, 0.15) is 52.5 Å². The molecule has 0 saturated carbocycles. The van der Waals surface area contributed by atoms with E-state index in [9.17, 15) is 0 Å². The molecule has 0 aromatic heterocycles. The number of rotatable bonds is 3. The molecule has 1 rings (SSSR count). The number of aryl methyl sites for hydroxylation is 1. The second kappa shape index (κ2) is 16.3. The summed E-state index contributed by atoms with van der Waals surface area (Å²) in [6, 6.07) is 10.5. The van der Waals surface area contributed by atoms with Gasteiger partial charge in [0.05, 0.1) is 0 Å². The van der Waals surface area contributed by atoms with E-state index in [0.717, 1.165) is 12.7 Å². The highest BCUT2D eigenvalue weighted by Gasteiger charge is 1.79. The number of hydrogen-bond acceptors (Lipinski definition) is 1. The molecule has 0 N–H and O–H groups in total. The number of carbonyl (C=O) groups is 1. The molecule has 0 atom stereocenters. The lowest BCUT2D eigenvalue weighted by molar-refractivity contribution is -0.106. The fraction of sp³-hybridized carbons (Fsp3) is 0.533. The van der Waals surface area contributed by atoms with Crippen molar-refractivity contribution in [1.82, 2.24) is 0 Å². The van der Waals surface area contributed by atoms with E-state index in [4.69, 9.17) is 4.79 Å². The van der Waals surface area contributed by atoms with Gasteiger partial charge in [-0.05, 0) is 18.9 Å². The number of unbranched alkanes of at least 4 members (excludes halogenated alkanes) is 2. The Kier molecular flexibility index (Phi) is 17.6. The predicted octanol–water partition coefficient (Wildman–Crippen LogP) is 4.65. The fourth-order valence-corrected chi connectivity index (χ4v) is 1.07. The summed E-state index contributed by atoms with van der Waals surface area (Å²) in [6.07, 6.45) is 5.97. The van der Waals surface area contributed by atoms with Gasteiger partial charge in [0.1, 0.15) is 6.29 Å². The Morgan fingerprint density at radius 1 is 1.00 bits per heavy atom. The molecule has 0 spiro atoms. The lowest BCUT2D eigenvalue weighted by Gasteiger charge is -1.89. The van der Waals surface area contributed by atoms with E-state index in [1.165, 1.54) is 31.7 Å². The molecular formula is C15H26O. The molecule has 1 aromatic carbocycles. The molecule has 0 aliphatic carbocycles. The summed E-state index contributed by atoms with van der Waals surface area (Å²) < 4.78 is 0. The molecule has 0 radical (unpaired) electrons. The molecule has 0 aliphatic rings. The molecule has 0 amide bonds. The Balaban J connectivity index is 0. The van der Waals surface area contributed by atoms with E-state index >= 15 is 0 Å². The maximum atomic E-state index is 8.81. The van der Waals surface area contributed by atoms with Gasteiger partial charge < -0.3 is 4.79 Å². The van der Waals surface area contributed by atoms with Crippen LogP contribution in [0.15, 0.2) is 30.3 Å². The SMILES string of the molecule is CC=O.CCCCC.CCc1ccccc1. The number of hydrogen-bond donors (Lipinski definition) is 0. The molecule has 0 heterocycles. The Hall–Kier alpha value is -1.11. The lowest BCUT2D eigenvalue weighted by atomic mass is 10.2. The van der Waals surface area contributed by atoms with Crippen LogP contribution in [0.4, 0.5) is 0 Å². The summed E-state index contributed by atoms with van der Waals surface area (Å²) in [6.45, 7) is 8.03. The molecular weight excluding hydrogens is 196 g/mol. The quantitative estimate of drug-likeness (QED) is 0.680. The molecule has 0 unspecified atom stereocenters. The van der Waals surface area contributed by atoms with Gasteiger partial charge in [0, 0.05) is 0 Å². The summed E-state index contributed by atoms with van der Waals surface area (Å²) in [5.41, 5.74) is 1.41. The fourth-order valence-electron chi connectivity index (χ4n) is 1.07. The third kappa shape index (κ3) is 15.4. The zero-order valence-corrected chi connectivity index (χ0v) is 11.2. The maximum absolute atomic E-state index is 8.81. The Morgan fingerprint density at radius 2 is 1.44 bits per heavy atom. The van der Waals surface area contributed by atoms with Crippen LogP contribution in [0.3, 0.4) is 0 Å². The van der Waals surface area contributed by atoms with E-state index < -0.39 is 0 Å². The van der Waals surface area contributed by atoms with Crippen molar-refractivity contribution in [2.45, 2.75) is 53.4 Å². The number of carbonyl (C=O) groups excluding carboxylic acids is 1. The zero-order chi connectivity index (χ0) is 12.6. The van der Waals surface area contributed by atoms with Gasteiger partial charge in [0.25, 0.3) is 0 Å². The van der Waals surface area contributed by atoms with E-state index in [2.05, 4.69) is 45.0 Å². The summed E-state index contributed by atoms with van der Waals surface area (Å²) >= 11 is 0. The standard InChI is InChI=1S/C8H10.C5H12.C2H4O/c1-2-8-6-4-3-5-7-8;1-3-5-4-2;1-2-3/h3-7H,2H2,1H3;3-5H2,1-2H3;2H,1H3. The van der Waals surface area contributed by atoms with Crippen LogP contribution in [0.2, 0.25) is 0 Å². The molecule has 0 saturated heterocycles. The minimum absolute atomic E-state index is 0.750. The summed E-state index contributed by atoms with van der Waals surface area (Å²) in [5.74, 6) is 0. The molecule has 1 aromatic rings. The van der Waals surface area contributed by atoms with Crippen molar-refractivity contribution in [2.24, 2.45) is 0 Å². The lowest BCUT2D eigenvalue weighted by Crippen LogP contribution is -1.73. The highest BCUT2D eigenvalue weighted by atomic mass is 16.1. The van der Waals surface area contributed by atoms with E-state index in [1.54, 1.807) is 0 Å². The topological polar surface area (TPSA) is 17.1 Å². The maximum Gasteiger partial charge on any atom is 0.116 e. The molecule has 92 valence electrons. The number of aldehydes is 1. The smallest absolute Gasteiger partial charge is 0.116 e. The zero-order valence-electron chi connectivity index (χ0n) is 11.2. The van der Waals surface area contributed by atoms with Crippen LogP contribution in [0.25, 0.3) is 0 Å². The molecule has 0 fully saturated rings. The average Bonchev–Trinajstić information content (AvgIpc) is 2.33. The van der Waals surface area contributed by atoms with Crippen molar-refractivity contribution in [1.29, 1.82) is 0 Å². The monoisotopic (exact) mass is 222 g/mol. The first-order valence-electron chi connectivity index (χ1n) is 6.20. The molecule has 0 aliphatic heterocycles. The van der Waals surface area contributed by atoms with Gasteiger partial charge >= 0.3 is 0 Å². The molecule has 0 bridgehead atoms. The Morgan fingerprint density at radius 3 is 1.62 bits per heavy atom. The highest BCUT2D eigenvalue weighted by molar-refractivity contribution is 5.44. The molecule has 1 nitrogen and oxygen atoms in total. The molecule has 16 heavy (non-hydrogen) atoms. The second-order valence-electron chi connectivity index (χ2n) is 3.43. The van der Waals surface area contributed by atoms with Crippen molar-refractivity contribution >= 4 is 6.29 Å². The number of benzene rings is 1. The Bertz CT molecular complexity index is 214. The minimum atomic E-state index is 0.750. The van der Waals surface area contributed by atoms with Crippen molar-refractivity contribution in [3.8, 4) is 0 Å². The van der Waals surface area contributed by atoms with Gasteiger partial charge in [-0.2, -0.15) is 0 Å². The second-order valence-corrected chi connectivity index (χ2v) is 3.43. The van der Waals surface area contributed by atoms with Gasteiger partial charge in [-0.3, -0.25) is 0 Å². The van der Waals surface area contributed by atoms with Crippen molar-refractivity contribution < 1.29 is 4.79 Å². The van der Waals surface area contributed by atoms with Crippen LogP contribution in [0, 0.1) is 0 Å². The van der Waals surface area contributed by atoms with Crippen LogP contribution >= 0.6 is 0 Å². The van der Waals surface area contributed by atoms with Gasteiger partial charge in [-0.25, -0.2) is 0 Å². The van der Waals surface area contributed by atoms with Crippen LogP contribution < -0.4 is 0 Å². The van der Waals surface area contributed by atoms with Crippen LogP contribution in [-0.2, 0) is 11.2 Å². The van der Waals surface area contributed by atoms with Gasteiger partial charge in [0.15, 0.2) is 0 Å². The first kappa shape index (κ1) is 17.3. The van der Waals surface area contributed by atoms with Crippen LogP contribution in [-0.4, -0.2) is 6.29 Å². The predicted molar refractivity (Wildman–Crippen MR) is 72.8 cm³/mol. The third-order valence-electron chi connectivity index (χ3n) is 1.96. The van der Waals surface area contributed by atoms with E-state index in [-0.39, 0.29) is 0 Å². The first-order chi connectivity index (χ1) is 7.76. The largest absolute Gasteiger partial charge is 0.304 e. The summed E-state index contributed by atoms with van der Waals surface area (Å²) in [5, 5.41) is 0. The third-order valence-corrected chi connectivity index (χ3v) is 1.96. The van der Waals surface area contributed by atoms with Gasteiger partial charge in [-0.1, -0.05) is 70.4 Å². The minimum Gasteiger partial charge on any atom is -0.304 e. The van der Waals surface area contributed by atoms with Crippen molar-refractivity contribution in [3.05, 3.63) is 35.9 Å². The summed E-state index contributed by atoms with van der Waals surface area (Å²) in [4.78, 5) is 8.81. The van der Waals surface area contributed by atoms with Gasteiger partial charge in [-0.15, -0.1) is 0 Å². The van der Waals surface area contributed by atoms with Gasteiger partial charge in [0.2, 0.25) is 0 Å². The Labute approximate surface area is 101 Å². The highest BCUT2D eigenvalue weighted by Crippen LogP contribution is 1.96. The van der Waals surface area contributed by atoms with Crippen molar-refractivity contribution in [3.63, 3.8) is 0 Å². The summed E-state index contributed by atoms with van der Waals surface area (Å²) in [7, 11) is 0. The van der Waals surface area contributed by atoms with E-state index in [1.807, 2.05) is 6.07 Å². The average molecular weight is 222 g/mol. The van der Waals surface area contributed by atoms with E-state index in [0.29, 0.717) is 0 Å². The molecule has 1 heteroatoms. The van der Waals surface area contributed by atoms with Crippen LogP contribution in [0.5, 0.6) is 0 Å². The normalized spacial score (nSPS) is 8.00. The first-order valence-corrected chi connectivity index (χ1v) is 6.20. The van der Waals surface area contributed by atoms with Crippen molar-refractivity contribution in [2.75, 3.05) is 0 Å².